The maximum atomic E-state index is 12.2. The van der Waals surface area contributed by atoms with E-state index in [1.54, 1.807) is 34.8 Å². The highest BCUT2D eigenvalue weighted by molar-refractivity contribution is 7.09. The molecule has 0 aliphatic carbocycles. The van der Waals surface area contributed by atoms with Crippen molar-refractivity contribution < 1.29 is 9.59 Å². The number of pyridine rings is 1. The number of amides is 2. The molecule has 120 valence electrons. The Kier molecular flexibility index (Phi) is 4.97. The molecule has 0 spiro atoms. The van der Waals surface area contributed by atoms with Crippen molar-refractivity contribution >= 4 is 23.2 Å². The summed E-state index contributed by atoms with van der Waals surface area (Å²) in [6, 6.07) is 3.78. The van der Waals surface area contributed by atoms with Gasteiger partial charge in [-0.3, -0.25) is 14.6 Å². The van der Waals surface area contributed by atoms with Gasteiger partial charge in [0.05, 0.1) is 10.9 Å². The van der Waals surface area contributed by atoms with E-state index in [1.807, 2.05) is 17.5 Å². The Labute approximate surface area is 138 Å². The SMILES string of the molecule is O=C(NCCc1nccs1)[C@H]1CC(=O)N(Cc2cccnc2)C1. The summed E-state index contributed by atoms with van der Waals surface area (Å²) in [5, 5.41) is 5.83. The Morgan fingerprint density at radius 2 is 2.35 bits per heavy atom. The molecule has 0 radical (unpaired) electrons. The first kappa shape index (κ1) is 15.6. The standard InChI is InChI=1S/C16H18N4O2S/c21-15-8-13(11-20(15)10-12-2-1-4-17-9-12)16(22)19-5-3-14-18-6-7-23-14/h1-2,4,6-7,9,13H,3,5,8,10-11H2,(H,19,22)/t13-/m0/s1. The molecule has 6 nitrogen and oxygen atoms in total. The van der Waals surface area contributed by atoms with Gasteiger partial charge in [-0.15, -0.1) is 11.3 Å². The van der Waals surface area contributed by atoms with E-state index in [0.29, 0.717) is 19.6 Å². The van der Waals surface area contributed by atoms with Gasteiger partial charge in [-0.1, -0.05) is 6.07 Å². The first-order valence-electron chi connectivity index (χ1n) is 7.55. The number of carbonyl (C=O) groups excluding carboxylic acids is 2. The normalized spacial score (nSPS) is 17.5. The number of nitrogens with one attached hydrogen (secondary N) is 1. The highest BCUT2D eigenvalue weighted by Gasteiger charge is 2.34. The molecule has 0 bridgehead atoms. The zero-order valence-electron chi connectivity index (χ0n) is 12.6. The van der Waals surface area contributed by atoms with Crippen molar-refractivity contribution in [1.29, 1.82) is 0 Å². The van der Waals surface area contributed by atoms with Gasteiger partial charge in [0.2, 0.25) is 11.8 Å². The van der Waals surface area contributed by atoms with E-state index in [-0.39, 0.29) is 24.2 Å². The summed E-state index contributed by atoms with van der Waals surface area (Å²) in [5.41, 5.74) is 0.977. The second-order valence-electron chi connectivity index (χ2n) is 5.50. The van der Waals surface area contributed by atoms with Gasteiger partial charge in [0.25, 0.3) is 0 Å². The predicted octanol–water partition coefficient (Wildman–Crippen LogP) is 1.25. The van der Waals surface area contributed by atoms with E-state index in [1.165, 1.54) is 0 Å². The minimum Gasteiger partial charge on any atom is -0.355 e. The third kappa shape index (κ3) is 4.13. The van der Waals surface area contributed by atoms with Gasteiger partial charge in [-0.05, 0) is 11.6 Å². The zero-order chi connectivity index (χ0) is 16.1. The maximum Gasteiger partial charge on any atom is 0.225 e. The van der Waals surface area contributed by atoms with Crippen molar-refractivity contribution in [3.8, 4) is 0 Å². The molecule has 0 aromatic carbocycles. The summed E-state index contributed by atoms with van der Waals surface area (Å²) in [6.45, 7) is 1.53. The summed E-state index contributed by atoms with van der Waals surface area (Å²) in [4.78, 5) is 34.2. The average Bonchev–Trinajstić information content (AvgIpc) is 3.19. The molecule has 2 amide bonds. The number of hydrogen-bond donors (Lipinski definition) is 1. The third-order valence-electron chi connectivity index (χ3n) is 3.80. The van der Waals surface area contributed by atoms with Crippen LogP contribution in [0.2, 0.25) is 0 Å². The molecular weight excluding hydrogens is 312 g/mol. The van der Waals surface area contributed by atoms with Crippen LogP contribution in [0.4, 0.5) is 0 Å². The summed E-state index contributed by atoms with van der Waals surface area (Å²) in [5.74, 6) is -0.298. The first-order chi connectivity index (χ1) is 11.2. The van der Waals surface area contributed by atoms with Crippen LogP contribution in [0.3, 0.4) is 0 Å². The van der Waals surface area contributed by atoms with Crippen LogP contribution in [0, 0.1) is 5.92 Å². The molecule has 2 aromatic rings. The summed E-state index contributed by atoms with van der Waals surface area (Å²) >= 11 is 1.58. The van der Waals surface area contributed by atoms with Crippen LogP contribution in [0.15, 0.2) is 36.1 Å². The van der Waals surface area contributed by atoms with Crippen LogP contribution in [0.5, 0.6) is 0 Å². The fourth-order valence-electron chi connectivity index (χ4n) is 2.63. The van der Waals surface area contributed by atoms with Gasteiger partial charge >= 0.3 is 0 Å². The van der Waals surface area contributed by atoms with Crippen molar-refractivity contribution in [2.45, 2.75) is 19.4 Å². The average molecular weight is 330 g/mol. The number of nitrogens with zero attached hydrogens (tertiary/aromatic N) is 3. The highest BCUT2D eigenvalue weighted by atomic mass is 32.1. The van der Waals surface area contributed by atoms with Crippen LogP contribution in [-0.2, 0) is 22.6 Å². The molecule has 2 aromatic heterocycles. The second kappa shape index (κ2) is 7.32. The van der Waals surface area contributed by atoms with Gasteiger partial charge < -0.3 is 10.2 Å². The Balaban J connectivity index is 1.47. The van der Waals surface area contributed by atoms with Crippen molar-refractivity contribution in [1.82, 2.24) is 20.2 Å². The Bertz CT molecular complexity index is 660. The highest BCUT2D eigenvalue weighted by Crippen LogP contribution is 2.20. The van der Waals surface area contributed by atoms with Crippen LogP contribution >= 0.6 is 11.3 Å². The van der Waals surface area contributed by atoms with Crippen molar-refractivity contribution in [3.05, 3.63) is 46.7 Å². The third-order valence-corrected chi connectivity index (χ3v) is 4.64. The molecule has 7 heteroatoms. The van der Waals surface area contributed by atoms with Crippen molar-refractivity contribution in [2.75, 3.05) is 13.1 Å². The summed E-state index contributed by atoms with van der Waals surface area (Å²) in [7, 11) is 0. The van der Waals surface area contributed by atoms with Crippen LogP contribution in [0.25, 0.3) is 0 Å². The van der Waals surface area contributed by atoms with Crippen LogP contribution in [-0.4, -0.2) is 39.8 Å². The van der Waals surface area contributed by atoms with E-state index in [2.05, 4.69) is 15.3 Å². The monoisotopic (exact) mass is 330 g/mol. The smallest absolute Gasteiger partial charge is 0.225 e. The van der Waals surface area contributed by atoms with E-state index in [0.717, 1.165) is 17.0 Å². The second-order valence-corrected chi connectivity index (χ2v) is 6.48. The number of carbonyl (C=O) groups is 2. The van der Waals surface area contributed by atoms with Gasteiger partial charge in [0.1, 0.15) is 0 Å². The zero-order valence-corrected chi connectivity index (χ0v) is 13.5. The lowest BCUT2D eigenvalue weighted by Gasteiger charge is -2.16. The van der Waals surface area contributed by atoms with E-state index < -0.39 is 0 Å². The largest absolute Gasteiger partial charge is 0.355 e. The lowest BCUT2D eigenvalue weighted by Crippen LogP contribution is -2.34. The molecule has 1 aliphatic heterocycles. The molecular formula is C16H18N4O2S. The van der Waals surface area contributed by atoms with E-state index in [4.69, 9.17) is 0 Å². The number of hydrogen-bond acceptors (Lipinski definition) is 5. The molecule has 1 atom stereocenters. The molecule has 1 aliphatic rings. The molecule has 23 heavy (non-hydrogen) atoms. The van der Waals surface area contributed by atoms with Crippen molar-refractivity contribution in [3.63, 3.8) is 0 Å². The molecule has 1 saturated heterocycles. The van der Waals surface area contributed by atoms with Gasteiger partial charge in [-0.25, -0.2) is 4.98 Å². The molecule has 1 N–H and O–H groups in total. The van der Waals surface area contributed by atoms with Gasteiger partial charge in [0, 0.05) is 56.4 Å². The minimum atomic E-state index is -0.268. The molecule has 0 saturated carbocycles. The summed E-state index contributed by atoms with van der Waals surface area (Å²) in [6.07, 6.45) is 6.21. The fourth-order valence-corrected chi connectivity index (χ4v) is 3.25. The molecule has 1 fully saturated rings. The Morgan fingerprint density at radius 3 is 3.09 bits per heavy atom. The number of aromatic nitrogens is 2. The lowest BCUT2D eigenvalue weighted by molar-refractivity contribution is -0.129. The molecule has 3 rings (SSSR count). The van der Waals surface area contributed by atoms with Crippen LogP contribution < -0.4 is 5.32 Å². The predicted molar refractivity (Wildman–Crippen MR) is 86.6 cm³/mol. The molecule has 0 unspecified atom stereocenters. The Hall–Kier alpha value is -2.28. The lowest BCUT2D eigenvalue weighted by atomic mass is 10.1. The van der Waals surface area contributed by atoms with Crippen LogP contribution in [0.1, 0.15) is 17.0 Å². The summed E-state index contributed by atoms with van der Waals surface area (Å²) < 4.78 is 0. The quantitative estimate of drug-likeness (QED) is 0.865. The first-order valence-corrected chi connectivity index (χ1v) is 8.43. The van der Waals surface area contributed by atoms with E-state index >= 15 is 0 Å². The fraction of sp³-hybridized carbons (Fsp3) is 0.375. The number of likely N-dealkylation sites (tertiary alicyclic amines) is 1. The van der Waals surface area contributed by atoms with Gasteiger partial charge in [0.15, 0.2) is 0 Å². The van der Waals surface area contributed by atoms with Gasteiger partial charge in [-0.2, -0.15) is 0 Å². The topological polar surface area (TPSA) is 75.2 Å². The number of rotatable bonds is 6. The van der Waals surface area contributed by atoms with Crippen molar-refractivity contribution in [2.24, 2.45) is 5.92 Å². The Morgan fingerprint density at radius 1 is 1.43 bits per heavy atom. The van der Waals surface area contributed by atoms with E-state index in [9.17, 15) is 9.59 Å². The number of thiazole rings is 1. The molecule has 3 heterocycles. The maximum absolute atomic E-state index is 12.2. The minimum absolute atomic E-state index is 0.0222.